The van der Waals surface area contributed by atoms with Gasteiger partial charge in [-0.05, 0) is 49.2 Å². The molecule has 2 rings (SSSR count). The Labute approximate surface area is 120 Å². The van der Waals surface area contributed by atoms with Gasteiger partial charge in [-0.2, -0.15) is 0 Å². The first-order chi connectivity index (χ1) is 9.36. The Bertz CT molecular complexity index is 666. The Morgan fingerprint density at radius 3 is 2.15 bits per heavy atom. The van der Waals surface area contributed by atoms with Gasteiger partial charge in [-0.25, -0.2) is 8.78 Å². The van der Waals surface area contributed by atoms with Crippen molar-refractivity contribution in [1.29, 1.82) is 0 Å². The first-order valence-corrected chi connectivity index (χ1v) is 6.29. The molecule has 0 aliphatic carbocycles. The monoisotopic (exact) mass is 295 g/mol. The minimum absolute atomic E-state index is 0.107. The fraction of sp³-hybridized carbons (Fsp3) is 0.133. The zero-order valence-corrected chi connectivity index (χ0v) is 11.7. The van der Waals surface area contributed by atoms with E-state index >= 15 is 0 Å². The molecule has 0 fully saturated rings. The molecule has 0 saturated carbocycles. The van der Waals surface area contributed by atoms with E-state index in [2.05, 4.69) is 5.32 Å². The highest BCUT2D eigenvalue weighted by atomic mass is 35.5. The van der Waals surface area contributed by atoms with Gasteiger partial charge < -0.3 is 5.32 Å². The highest BCUT2D eigenvalue weighted by Crippen LogP contribution is 2.22. The molecule has 0 spiro atoms. The maximum absolute atomic E-state index is 13.2. The number of halogens is 3. The summed E-state index contributed by atoms with van der Waals surface area (Å²) in [5.41, 5.74) is 2.44. The highest BCUT2D eigenvalue weighted by Gasteiger charge is 2.15. The molecule has 0 atom stereocenters. The molecule has 20 heavy (non-hydrogen) atoms. The summed E-state index contributed by atoms with van der Waals surface area (Å²) in [5, 5.41) is 2.48. The van der Waals surface area contributed by atoms with Crippen LogP contribution in [0.2, 0.25) is 5.02 Å². The van der Waals surface area contributed by atoms with Crippen LogP contribution in [-0.4, -0.2) is 5.91 Å². The van der Waals surface area contributed by atoms with Gasteiger partial charge in [0.1, 0.15) is 0 Å². The average Bonchev–Trinajstić information content (AvgIpc) is 2.32. The van der Waals surface area contributed by atoms with Gasteiger partial charge in [-0.1, -0.05) is 17.7 Å². The number of amides is 1. The van der Waals surface area contributed by atoms with E-state index in [1.54, 1.807) is 12.1 Å². The molecule has 0 radical (unpaired) electrons. The summed E-state index contributed by atoms with van der Waals surface area (Å²) in [4.78, 5) is 12.0. The van der Waals surface area contributed by atoms with Crippen LogP contribution in [0.15, 0.2) is 30.3 Å². The van der Waals surface area contributed by atoms with E-state index < -0.39 is 17.5 Å². The van der Waals surface area contributed by atoms with Crippen molar-refractivity contribution in [1.82, 2.24) is 0 Å². The predicted molar refractivity (Wildman–Crippen MR) is 75.2 cm³/mol. The van der Waals surface area contributed by atoms with E-state index in [9.17, 15) is 13.6 Å². The van der Waals surface area contributed by atoms with Crippen molar-refractivity contribution >= 4 is 23.2 Å². The van der Waals surface area contributed by atoms with Crippen molar-refractivity contribution in [2.45, 2.75) is 13.8 Å². The number of benzene rings is 2. The van der Waals surface area contributed by atoms with Crippen molar-refractivity contribution in [2.24, 2.45) is 0 Å². The highest BCUT2D eigenvalue weighted by molar-refractivity contribution is 6.34. The van der Waals surface area contributed by atoms with E-state index in [1.165, 1.54) is 0 Å². The normalized spacial score (nSPS) is 10.4. The summed E-state index contributed by atoms with van der Waals surface area (Å²) in [6.45, 7) is 3.79. The molecule has 0 aromatic heterocycles. The molecule has 0 heterocycles. The van der Waals surface area contributed by atoms with Gasteiger partial charge in [0.2, 0.25) is 0 Å². The number of carbonyl (C=O) groups is 1. The summed E-state index contributed by atoms with van der Waals surface area (Å²) in [6, 6.07) is 7.08. The van der Waals surface area contributed by atoms with E-state index in [0.717, 1.165) is 23.3 Å². The lowest BCUT2D eigenvalue weighted by Crippen LogP contribution is -2.13. The second-order valence-electron chi connectivity index (χ2n) is 4.58. The van der Waals surface area contributed by atoms with Crippen LogP contribution < -0.4 is 5.32 Å². The zero-order chi connectivity index (χ0) is 14.9. The molecule has 0 saturated heterocycles. The molecule has 2 nitrogen and oxygen atoms in total. The Hall–Kier alpha value is -1.94. The number of nitrogens with one attached hydrogen (secondary N) is 1. The van der Waals surface area contributed by atoms with Gasteiger partial charge in [0.15, 0.2) is 11.6 Å². The minimum atomic E-state index is -1.11. The lowest BCUT2D eigenvalue weighted by molar-refractivity contribution is 0.102. The third-order valence-electron chi connectivity index (χ3n) is 2.73. The molecule has 0 bridgehead atoms. The average molecular weight is 296 g/mol. The van der Waals surface area contributed by atoms with E-state index in [0.29, 0.717) is 5.69 Å². The lowest BCUT2D eigenvalue weighted by atomic mass is 10.1. The number of carbonyl (C=O) groups excluding carboxylic acids is 1. The predicted octanol–water partition coefficient (Wildman–Crippen LogP) is 4.49. The number of hydrogen-bond donors (Lipinski definition) is 1. The van der Waals surface area contributed by atoms with Crippen LogP contribution in [0.3, 0.4) is 0 Å². The topological polar surface area (TPSA) is 29.1 Å². The van der Waals surface area contributed by atoms with Crippen LogP contribution in [0, 0.1) is 25.5 Å². The maximum Gasteiger partial charge on any atom is 0.257 e. The van der Waals surface area contributed by atoms with E-state index in [1.807, 2.05) is 19.9 Å². The molecule has 1 amide bonds. The van der Waals surface area contributed by atoms with Gasteiger partial charge in [-0.15, -0.1) is 0 Å². The smallest absolute Gasteiger partial charge is 0.257 e. The van der Waals surface area contributed by atoms with Crippen LogP contribution in [0.5, 0.6) is 0 Å². The van der Waals surface area contributed by atoms with Crippen molar-refractivity contribution in [2.75, 3.05) is 5.32 Å². The SMILES string of the molecule is Cc1cc(C)cc(NC(=O)c2cc(F)c(F)cc2Cl)c1. The van der Waals surface area contributed by atoms with Crippen LogP contribution in [0.1, 0.15) is 21.5 Å². The zero-order valence-electron chi connectivity index (χ0n) is 10.9. The van der Waals surface area contributed by atoms with Gasteiger partial charge in [0.25, 0.3) is 5.91 Å². The first kappa shape index (κ1) is 14.5. The van der Waals surface area contributed by atoms with Gasteiger partial charge in [0, 0.05) is 5.69 Å². The summed E-state index contributed by atoms with van der Waals surface area (Å²) < 4.78 is 26.1. The Morgan fingerprint density at radius 2 is 1.55 bits per heavy atom. The number of aryl methyl sites for hydroxylation is 2. The summed E-state index contributed by atoms with van der Waals surface area (Å²) in [7, 11) is 0. The number of rotatable bonds is 2. The molecular weight excluding hydrogens is 284 g/mol. The molecule has 1 N–H and O–H groups in total. The fourth-order valence-corrected chi connectivity index (χ4v) is 2.18. The largest absolute Gasteiger partial charge is 0.322 e. The molecule has 5 heteroatoms. The Balaban J connectivity index is 2.30. The van der Waals surface area contributed by atoms with Gasteiger partial charge in [0.05, 0.1) is 10.6 Å². The molecule has 0 aliphatic rings. The maximum atomic E-state index is 13.2. The van der Waals surface area contributed by atoms with Crippen LogP contribution >= 0.6 is 11.6 Å². The Kier molecular flexibility index (Phi) is 4.04. The molecule has 2 aromatic carbocycles. The minimum Gasteiger partial charge on any atom is -0.322 e. The third kappa shape index (κ3) is 3.14. The van der Waals surface area contributed by atoms with Crippen LogP contribution in [0.25, 0.3) is 0 Å². The van der Waals surface area contributed by atoms with E-state index in [-0.39, 0.29) is 10.6 Å². The van der Waals surface area contributed by atoms with Crippen molar-refractivity contribution < 1.29 is 13.6 Å². The standard InChI is InChI=1S/C15H12ClF2NO/c1-8-3-9(2)5-10(4-8)19-15(20)11-6-13(17)14(18)7-12(11)16/h3-7H,1-2H3,(H,19,20). The second kappa shape index (κ2) is 5.59. The third-order valence-corrected chi connectivity index (χ3v) is 3.05. The quantitative estimate of drug-likeness (QED) is 0.813. The van der Waals surface area contributed by atoms with Crippen molar-refractivity contribution in [3.63, 3.8) is 0 Å². The number of anilines is 1. The molecular formula is C15H12ClF2NO. The molecule has 2 aromatic rings. The molecule has 104 valence electrons. The van der Waals surface area contributed by atoms with Gasteiger partial charge in [-0.3, -0.25) is 4.79 Å². The summed E-state index contributed by atoms with van der Waals surface area (Å²) in [5.74, 6) is -2.78. The fourth-order valence-electron chi connectivity index (χ4n) is 1.94. The molecule has 0 aliphatic heterocycles. The number of hydrogen-bond acceptors (Lipinski definition) is 1. The van der Waals surface area contributed by atoms with Crippen molar-refractivity contribution in [3.8, 4) is 0 Å². The Morgan fingerprint density at radius 1 is 1.00 bits per heavy atom. The van der Waals surface area contributed by atoms with Gasteiger partial charge >= 0.3 is 0 Å². The van der Waals surface area contributed by atoms with Crippen LogP contribution in [0.4, 0.5) is 14.5 Å². The van der Waals surface area contributed by atoms with Crippen LogP contribution in [-0.2, 0) is 0 Å². The first-order valence-electron chi connectivity index (χ1n) is 5.91. The second-order valence-corrected chi connectivity index (χ2v) is 4.98. The lowest BCUT2D eigenvalue weighted by Gasteiger charge is -2.09. The molecule has 0 unspecified atom stereocenters. The van der Waals surface area contributed by atoms with Crippen molar-refractivity contribution in [3.05, 3.63) is 63.7 Å². The summed E-state index contributed by atoms with van der Waals surface area (Å²) >= 11 is 5.76. The van der Waals surface area contributed by atoms with E-state index in [4.69, 9.17) is 11.6 Å². The summed E-state index contributed by atoms with van der Waals surface area (Å²) in [6.07, 6.45) is 0.